The van der Waals surface area contributed by atoms with Crippen molar-refractivity contribution in [3.63, 3.8) is 0 Å². The number of nitrogen functional groups attached to an aromatic ring is 1. The zero-order chi connectivity index (χ0) is 12.8. The van der Waals surface area contributed by atoms with Gasteiger partial charge in [-0.3, -0.25) is 0 Å². The highest BCUT2D eigenvalue weighted by Crippen LogP contribution is 2.29. The average Bonchev–Trinajstić information content (AvgIpc) is 2.26. The van der Waals surface area contributed by atoms with Gasteiger partial charge in [0.1, 0.15) is 0 Å². The Bertz CT molecular complexity index is 349. The third-order valence-corrected chi connectivity index (χ3v) is 3.13. The summed E-state index contributed by atoms with van der Waals surface area (Å²) >= 11 is 11.9. The predicted molar refractivity (Wildman–Crippen MR) is 73.7 cm³/mol. The van der Waals surface area contributed by atoms with E-state index in [4.69, 9.17) is 34.0 Å². The van der Waals surface area contributed by atoms with Crippen LogP contribution in [0.3, 0.4) is 0 Å². The molecule has 5 heteroatoms. The summed E-state index contributed by atoms with van der Waals surface area (Å²) in [6, 6.07) is 3.70. The third-order valence-electron chi connectivity index (χ3n) is 2.50. The van der Waals surface area contributed by atoms with E-state index in [0.29, 0.717) is 28.2 Å². The summed E-state index contributed by atoms with van der Waals surface area (Å²) in [5, 5.41) is 12.8. The first-order valence-electron chi connectivity index (χ1n) is 5.59. The standard InChI is InChI=1S/C12H18Cl2N2O/c1-8(7-16-2-3-17)4-9-5-10(13)12(15)11(14)6-9/h5-6,8,16-17H,2-4,7,15H2,1H3. The lowest BCUT2D eigenvalue weighted by Gasteiger charge is -2.13. The molecular formula is C12H18Cl2N2O. The molecule has 0 spiro atoms. The normalized spacial score (nSPS) is 12.7. The van der Waals surface area contributed by atoms with E-state index in [9.17, 15) is 0 Å². The molecule has 0 fully saturated rings. The Balaban J connectivity index is 2.56. The Kier molecular flexibility index (Phi) is 6.06. The second-order valence-corrected chi connectivity index (χ2v) is 5.02. The number of halogens is 2. The lowest BCUT2D eigenvalue weighted by molar-refractivity contribution is 0.288. The highest BCUT2D eigenvalue weighted by Gasteiger charge is 2.08. The molecule has 0 aromatic heterocycles. The molecule has 17 heavy (non-hydrogen) atoms. The van der Waals surface area contributed by atoms with Gasteiger partial charge in [0.2, 0.25) is 0 Å². The molecule has 0 aliphatic heterocycles. The first kappa shape index (κ1) is 14.6. The summed E-state index contributed by atoms with van der Waals surface area (Å²) in [5.74, 6) is 0.442. The van der Waals surface area contributed by atoms with Crippen molar-refractivity contribution in [1.29, 1.82) is 0 Å². The van der Waals surface area contributed by atoms with Crippen LogP contribution in [0.2, 0.25) is 10.0 Å². The van der Waals surface area contributed by atoms with Crippen LogP contribution in [0.15, 0.2) is 12.1 Å². The molecule has 0 amide bonds. The monoisotopic (exact) mass is 276 g/mol. The lowest BCUT2D eigenvalue weighted by Crippen LogP contribution is -2.25. The van der Waals surface area contributed by atoms with E-state index in [1.807, 2.05) is 12.1 Å². The van der Waals surface area contributed by atoms with Crippen molar-refractivity contribution in [2.45, 2.75) is 13.3 Å². The second kappa shape index (κ2) is 7.07. The fraction of sp³-hybridized carbons (Fsp3) is 0.500. The number of benzene rings is 1. The number of rotatable bonds is 6. The molecule has 0 saturated carbocycles. The topological polar surface area (TPSA) is 58.3 Å². The van der Waals surface area contributed by atoms with E-state index in [0.717, 1.165) is 18.5 Å². The molecule has 3 nitrogen and oxygen atoms in total. The summed E-state index contributed by atoms with van der Waals surface area (Å²) in [6.45, 7) is 3.75. The fourth-order valence-electron chi connectivity index (χ4n) is 1.66. The molecule has 1 aromatic carbocycles. The molecule has 0 saturated heterocycles. The number of aliphatic hydroxyl groups excluding tert-OH is 1. The highest BCUT2D eigenvalue weighted by atomic mass is 35.5. The summed E-state index contributed by atoms with van der Waals surface area (Å²) in [7, 11) is 0. The van der Waals surface area contributed by atoms with Gasteiger partial charge in [-0.1, -0.05) is 30.1 Å². The Morgan fingerprint density at radius 3 is 2.47 bits per heavy atom. The minimum Gasteiger partial charge on any atom is -0.396 e. The molecule has 1 unspecified atom stereocenters. The summed E-state index contributed by atoms with van der Waals surface area (Å²) in [4.78, 5) is 0. The van der Waals surface area contributed by atoms with Crippen molar-refractivity contribution in [2.75, 3.05) is 25.4 Å². The van der Waals surface area contributed by atoms with Gasteiger partial charge < -0.3 is 16.2 Å². The zero-order valence-electron chi connectivity index (χ0n) is 9.84. The molecule has 1 rings (SSSR count). The maximum absolute atomic E-state index is 8.66. The van der Waals surface area contributed by atoms with Crippen LogP contribution in [0, 0.1) is 5.92 Å². The highest BCUT2D eigenvalue weighted by molar-refractivity contribution is 6.38. The van der Waals surface area contributed by atoms with E-state index in [1.54, 1.807) is 0 Å². The Hall–Kier alpha value is -0.480. The lowest BCUT2D eigenvalue weighted by atomic mass is 10.0. The van der Waals surface area contributed by atoms with E-state index in [-0.39, 0.29) is 6.61 Å². The van der Waals surface area contributed by atoms with Gasteiger partial charge in [0, 0.05) is 6.54 Å². The van der Waals surface area contributed by atoms with Gasteiger partial charge in [-0.05, 0) is 36.6 Å². The van der Waals surface area contributed by atoms with Gasteiger partial charge in [-0.25, -0.2) is 0 Å². The molecule has 0 aliphatic carbocycles. The molecule has 0 bridgehead atoms. The van der Waals surface area contributed by atoms with Crippen molar-refractivity contribution in [1.82, 2.24) is 5.32 Å². The molecule has 1 atom stereocenters. The van der Waals surface area contributed by atoms with Gasteiger partial charge >= 0.3 is 0 Å². The van der Waals surface area contributed by atoms with Crippen LogP contribution in [-0.4, -0.2) is 24.8 Å². The van der Waals surface area contributed by atoms with Gasteiger partial charge in [0.15, 0.2) is 0 Å². The maximum Gasteiger partial charge on any atom is 0.0693 e. The van der Waals surface area contributed by atoms with E-state index >= 15 is 0 Å². The smallest absolute Gasteiger partial charge is 0.0693 e. The Labute approximate surface area is 112 Å². The molecular weight excluding hydrogens is 259 g/mol. The number of hydrogen-bond donors (Lipinski definition) is 3. The number of nitrogens with two attached hydrogens (primary N) is 1. The van der Waals surface area contributed by atoms with Crippen molar-refractivity contribution >= 4 is 28.9 Å². The molecule has 0 radical (unpaired) electrons. The minimum absolute atomic E-state index is 0.159. The molecule has 1 aromatic rings. The number of aliphatic hydroxyl groups is 1. The van der Waals surface area contributed by atoms with Crippen molar-refractivity contribution in [3.8, 4) is 0 Å². The largest absolute Gasteiger partial charge is 0.396 e. The van der Waals surface area contributed by atoms with Gasteiger partial charge in [0.05, 0.1) is 22.3 Å². The first-order valence-corrected chi connectivity index (χ1v) is 6.35. The van der Waals surface area contributed by atoms with Crippen LogP contribution in [0.1, 0.15) is 12.5 Å². The Morgan fingerprint density at radius 1 is 1.35 bits per heavy atom. The molecule has 0 aliphatic rings. The van der Waals surface area contributed by atoms with Gasteiger partial charge in [-0.2, -0.15) is 0 Å². The molecule has 0 heterocycles. The first-order chi connectivity index (χ1) is 8.04. The number of nitrogens with one attached hydrogen (secondary N) is 1. The predicted octanol–water partition coefficient (Wildman–Crippen LogP) is 2.34. The second-order valence-electron chi connectivity index (χ2n) is 4.21. The van der Waals surface area contributed by atoms with E-state index in [2.05, 4.69) is 12.2 Å². The van der Waals surface area contributed by atoms with E-state index in [1.165, 1.54) is 0 Å². The van der Waals surface area contributed by atoms with Crippen molar-refractivity contribution in [3.05, 3.63) is 27.7 Å². The van der Waals surface area contributed by atoms with Crippen LogP contribution in [0.4, 0.5) is 5.69 Å². The van der Waals surface area contributed by atoms with Crippen LogP contribution in [-0.2, 0) is 6.42 Å². The van der Waals surface area contributed by atoms with Crippen LogP contribution in [0.25, 0.3) is 0 Å². The Morgan fingerprint density at radius 2 is 1.94 bits per heavy atom. The third kappa shape index (κ3) is 4.72. The van der Waals surface area contributed by atoms with Crippen LogP contribution >= 0.6 is 23.2 Å². The maximum atomic E-state index is 8.66. The van der Waals surface area contributed by atoms with Crippen LogP contribution < -0.4 is 11.1 Å². The van der Waals surface area contributed by atoms with Crippen molar-refractivity contribution < 1.29 is 5.11 Å². The number of hydrogen-bond acceptors (Lipinski definition) is 3. The van der Waals surface area contributed by atoms with Crippen molar-refractivity contribution in [2.24, 2.45) is 5.92 Å². The minimum atomic E-state index is 0.159. The molecule has 4 N–H and O–H groups in total. The quantitative estimate of drug-likeness (QED) is 0.552. The summed E-state index contributed by atoms with van der Waals surface area (Å²) in [6.07, 6.45) is 0.873. The summed E-state index contributed by atoms with van der Waals surface area (Å²) < 4.78 is 0. The molecule has 96 valence electrons. The zero-order valence-corrected chi connectivity index (χ0v) is 11.4. The fourth-order valence-corrected chi connectivity index (χ4v) is 2.19. The van der Waals surface area contributed by atoms with Gasteiger partial charge in [-0.15, -0.1) is 0 Å². The van der Waals surface area contributed by atoms with Gasteiger partial charge in [0.25, 0.3) is 0 Å². The van der Waals surface area contributed by atoms with E-state index < -0.39 is 0 Å². The summed E-state index contributed by atoms with van der Waals surface area (Å²) in [5.41, 5.74) is 7.19. The average molecular weight is 277 g/mol. The SMILES string of the molecule is CC(CNCCO)Cc1cc(Cl)c(N)c(Cl)c1. The number of anilines is 1. The van der Waals surface area contributed by atoms with Crippen LogP contribution in [0.5, 0.6) is 0 Å².